The third-order valence-electron chi connectivity index (χ3n) is 2.48. The van der Waals surface area contributed by atoms with E-state index in [9.17, 15) is 4.79 Å². The number of carbonyl (C=O) groups is 1. The van der Waals surface area contributed by atoms with Crippen LogP contribution >= 0.6 is 0 Å². The molecule has 4 heteroatoms. The highest BCUT2D eigenvalue weighted by molar-refractivity contribution is 6.05. The molecule has 0 bridgehead atoms. The highest BCUT2D eigenvalue weighted by atomic mass is 16.5. The third-order valence-corrected chi connectivity index (χ3v) is 2.48. The number of esters is 1. The molecular formula is C13H12NO3+. The topological polar surface area (TPSA) is 50.4 Å². The molecule has 1 aromatic heterocycles. The standard InChI is InChI=1S/C13H11NO3/c1-17-13(16)12(9-15)14-7-6-10-4-2-3-5-11(10)8-14/h2-9H,1H3/p+1. The number of nitrogens with zero attached hydrogens (tertiary/aromatic N) is 1. The van der Waals surface area contributed by atoms with Gasteiger partial charge in [0, 0.05) is 11.5 Å². The summed E-state index contributed by atoms with van der Waals surface area (Å²) < 4.78 is 6.10. The Kier molecular flexibility index (Phi) is 3.05. The molecule has 0 saturated carbocycles. The van der Waals surface area contributed by atoms with Gasteiger partial charge in [-0.25, -0.2) is 4.79 Å². The highest BCUT2D eigenvalue weighted by Gasteiger charge is 2.21. The molecule has 1 aromatic carbocycles. The first-order chi connectivity index (χ1) is 8.26. The maximum absolute atomic E-state index is 11.4. The lowest BCUT2D eigenvalue weighted by atomic mass is 10.2. The van der Waals surface area contributed by atoms with Crippen molar-refractivity contribution in [2.45, 2.75) is 0 Å². The van der Waals surface area contributed by atoms with Crippen LogP contribution in [0.5, 0.6) is 0 Å². The predicted molar refractivity (Wildman–Crippen MR) is 63.1 cm³/mol. The second-order valence-electron chi connectivity index (χ2n) is 3.49. The normalized spacial score (nSPS) is 11.5. The van der Waals surface area contributed by atoms with Crippen molar-refractivity contribution < 1.29 is 19.2 Å². The number of aliphatic hydroxyl groups is 1. The van der Waals surface area contributed by atoms with Gasteiger partial charge in [-0.05, 0) is 11.5 Å². The number of aromatic nitrogens is 1. The summed E-state index contributed by atoms with van der Waals surface area (Å²) >= 11 is 0. The smallest absolute Gasteiger partial charge is 0.407 e. The Bertz CT molecular complexity index is 590. The van der Waals surface area contributed by atoms with Crippen molar-refractivity contribution in [3.63, 3.8) is 0 Å². The van der Waals surface area contributed by atoms with Crippen LogP contribution in [0.25, 0.3) is 16.5 Å². The largest absolute Gasteiger partial charge is 0.509 e. The molecule has 2 aromatic rings. The van der Waals surface area contributed by atoms with Gasteiger partial charge in [0.15, 0.2) is 18.7 Å². The van der Waals surface area contributed by atoms with E-state index in [1.165, 1.54) is 11.7 Å². The van der Waals surface area contributed by atoms with E-state index in [1.54, 1.807) is 12.4 Å². The molecule has 0 spiro atoms. The van der Waals surface area contributed by atoms with E-state index in [2.05, 4.69) is 4.74 Å². The molecule has 0 aliphatic rings. The summed E-state index contributed by atoms with van der Waals surface area (Å²) in [5.41, 5.74) is 0.0678. The van der Waals surface area contributed by atoms with Crippen molar-refractivity contribution in [2.24, 2.45) is 0 Å². The third kappa shape index (κ3) is 2.10. The van der Waals surface area contributed by atoms with Gasteiger partial charge in [-0.3, -0.25) is 0 Å². The van der Waals surface area contributed by atoms with E-state index in [4.69, 9.17) is 5.11 Å². The van der Waals surface area contributed by atoms with Crippen LogP contribution in [0.1, 0.15) is 0 Å². The Morgan fingerprint density at radius 2 is 2.00 bits per heavy atom. The van der Waals surface area contributed by atoms with E-state index in [1.807, 2.05) is 30.3 Å². The minimum Gasteiger partial charge on any atom is -0.509 e. The zero-order valence-electron chi connectivity index (χ0n) is 9.33. The molecule has 0 saturated heterocycles. The monoisotopic (exact) mass is 230 g/mol. The predicted octanol–water partition coefficient (Wildman–Crippen LogP) is 1.66. The Hall–Kier alpha value is -2.36. The average Bonchev–Trinajstić information content (AvgIpc) is 2.39. The summed E-state index contributed by atoms with van der Waals surface area (Å²) in [6.07, 6.45) is 4.19. The van der Waals surface area contributed by atoms with E-state index < -0.39 is 5.97 Å². The molecule has 0 atom stereocenters. The van der Waals surface area contributed by atoms with Gasteiger partial charge < -0.3 is 9.84 Å². The van der Waals surface area contributed by atoms with Crippen molar-refractivity contribution in [3.8, 4) is 0 Å². The molecular weight excluding hydrogens is 218 g/mol. The number of rotatable bonds is 2. The van der Waals surface area contributed by atoms with E-state index >= 15 is 0 Å². The fraction of sp³-hybridized carbons (Fsp3) is 0.0769. The molecule has 4 nitrogen and oxygen atoms in total. The summed E-state index contributed by atoms with van der Waals surface area (Å²) in [6.45, 7) is 0. The second-order valence-corrected chi connectivity index (χ2v) is 3.49. The summed E-state index contributed by atoms with van der Waals surface area (Å²) in [4.78, 5) is 11.4. The number of ether oxygens (including phenoxy) is 1. The summed E-state index contributed by atoms with van der Waals surface area (Å²) in [6, 6.07) is 9.61. The number of benzene rings is 1. The molecule has 0 amide bonds. The zero-order valence-corrected chi connectivity index (χ0v) is 9.33. The van der Waals surface area contributed by atoms with E-state index in [0.29, 0.717) is 0 Å². The van der Waals surface area contributed by atoms with Gasteiger partial charge in [0.2, 0.25) is 0 Å². The maximum Gasteiger partial charge on any atom is 0.407 e. The SMILES string of the molecule is COC(=O)/C(=C\O)[n+]1ccc2ccccc2c1. The van der Waals surface area contributed by atoms with Crippen LogP contribution in [0.2, 0.25) is 0 Å². The van der Waals surface area contributed by atoms with Crippen LogP contribution in [-0.2, 0) is 9.53 Å². The summed E-state index contributed by atoms with van der Waals surface area (Å²) in [5, 5.41) is 11.1. The lowest BCUT2D eigenvalue weighted by Crippen LogP contribution is -2.36. The van der Waals surface area contributed by atoms with E-state index in [0.717, 1.165) is 17.0 Å². The molecule has 0 unspecified atom stereocenters. The van der Waals surface area contributed by atoms with Crippen molar-refractivity contribution in [1.29, 1.82) is 0 Å². The van der Waals surface area contributed by atoms with Crippen molar-refractivity contribution in [3.05, 3.63) is 49.0 Å². The van der Waals surface area contributed by atoms with Crippen LogP contribution in [0.4, 0.5) is 0 Å². The van der Waals surface area contributed by atoms with Crippen LogP contribution in [0.3, 0.4) is 0 Å². The maximum atomic E-state index is 11.4. The first-order valence-electron chi connectivity index (χ1n) is 5.09. The molecule has 1 N–H and O–H groups in total. The molecule has 2 rings (SSSR count). The lowest BCUT2D eigenvalue weighted by molar-refractivity contribution is -0.577. The van der Waals surface area contributed by atoms with E-state index in [-0.39, 0.29) is 5.70 Å². The number of fused-ring (bicyclic) bond motifs is 1. The van der Waals surface area contributed by atoms with Crippen LogP contribution < -0.4 is 4.57 Å². The molecule has 0 fully saturated rings. The van der Waals surface area contributed by atoms with Gasteiger partial charge >= 0.3 is 11.7 Å². The van der Waals surface area contributed by atoms with Gasteiger partial charge in [0.05, 0.1) is 7.11 Å². The minimum absolute atomic E-state index is 0.0678. The van der Waals surface area contributed by atoms with Gasteiger partial charge in [-0.15, -0.1) is 0 Å². The molecule has 17 heavy (non-hydrogen) atoms. The summed E-state index contributed by atoms with van der Waals surface area (Å²) in [5.74, 6) is -0.590. The van der Waals surface area contributed by atoms with Gasteiger partial charge in [-0.1, -0.05) is 18.2 Å². The first-order valence-corrected chi connectivity index (χ1v) is 5.09. The van der Waals surface area contributed by atoms with Gasteiger partial charge in [-0.2, -0.15) is 4.57 Å². The number of aliphatic hydroxyl groups excluding tert-OH is 1. The minimum atomic E-state index is -0.590. The van der Waals surface area contributed by atoms with Gasteiger partial charge in [0.25, 0.3) is 0 Å². The van der Waals surface area contributed by atoms with Crippen molar-refractivity contribution in [2.75, 3.05) is 7.11 Å². The zero-order chi connectivity index (χ0) is 12.3. The average molecular weight is 230 g/mol. The Morgan fingerprint density at radius 3 is 2.65 bits per heavy atom. The fourth-order valence-electron chi connectivity index (χ4n) is 1.61. The Balaban J connectivity index is 2.52. The summed E-state index contributed by atoms with van der Waals surface area (Å²) in [7, 11) is 1.27. The number of carbonyl (C=O) groups excluding carboxylic acids is 1. The first kappa shape index (κ1) is 11.1. The number of methoxy groups -OCH3 is 1. The molecule has 0 aliphatic carbocycles. The van der Waals surface area contributed by atoms with Crippen molar-refractivity contribution >= 4 is 22.4 Å². The molecule has 86 valence electrons. The fourth-order valence-corrected chi connectivity index (χ4v) is 1.61. The van der Waals surface area contributed by atoms with Crippen LogP contribution in [-0.4, -0.2) is 18.2 Å². The quantitative estimate of drug-likeness (QED) is 0.369. The lowest BCUT2D eigenvalue weighted by Gasteiger charge is -2.00. The van der Waals surface area contributed by atoms with Crippen LogP contribution in [0, 0.1) is 0 Å². The number of hydrogen-bond donors (Lipinski definition) is 1. The van der Waals surface area contributed by atoms with Crippen molar-refractivity contribution in [1.82, 2.24) is 0 Å². The number of hydrogen-bond acceptors (Lipinski definition) is 3. The van der Waals surface area contributed by atoms with Gasteiger partial charge in [0.1, 0.15) is 0 Å². The molecule has 0 aliphatic heterocycles. The Morgan fingerprint density at radius 1 is 1.29 bits per heavy atom. The Labute approximate surface area is 98.4 Å². The number of pyridine rings is 1. The molecule has 1 heterocycles. The highest BCUT2D eigenvalue weighted by Crippen LogP contribution is 2.10. The second kappa shape index (κ2) is 4.65. The molecule has 0 radical (unpaired) electrons. The van der Waals surface area contributed by atoms with Crippen LogP contribution in [0.15, 0.2) is 49.0 Å².